The number of hydrogen-bond donors (Lipinski definition) is 1. The van der Waals surface area contributed by atoms with Gasteiger partial charge in [-0.2, -0.15) is 0 Å². The summed E-state index contributed by atoms with van der Waals surface area (Å²) >= 11 is 0. The molecule has 0 aromatic carbocycles. The van der Waals surface area contributed by atoms with Gasteiger partial charge in [0.1, 0.15) is 11.6 Å². The minimum absolute atomic E-state index is 0.0134. The Morgan fingerprint density at radius 1 is 1.00 bits per heavy atom. The first-order valence-corrected chi connectivity index (χ1v) is 13.9. The van der Waals surface area contributed by atoms with E-state index in [2.05, 4.69) is 6.92 Å². The molecule has 1 N–H and O–H groups in total. The summed E-state index contributed by atoms with van der Waals surface area (Å²) in [6.07, 6.45) is 11.7. The van der Waals surface area contributed by atoms with E-state index in [-0.39, 0.29) is 30.2 Å². The van der Waals surface area contributed by atoms with Gasteiger partial charge in [0.05, 0.1) is 30.6 Å². The second-order valence-corrected chi connectivity index (χ2v) is 10.8. The lowest BCUT2D eigenvalue weighted by Crippen LogP contribution is -2.59. The van der Waals surface area contributed by atoms with Crippen LogP contribution in [-0.2, 0) is 19.1 Å². The van der Waals surface area contributed by atoms with Gasteiger partial charge in [-0.1, -0.05) is 71.3 Å². The Bertz CT molecular complexity index is 904. The zero-order valence-corrected chi connectivity index (χ0v) is 22.3. The maximum atomic E-state index is 14.3. The molecule has 8 heteroatoms. The van der Waals surface area contributed by atoms with Crippen molar-refractivity contribution in [2.24, 2.45) is 17.8 Å². The zero-order chi connectivity index (χ0) is 26.0. The van der Waals surface area contributed by atoms with E-state index in [9.17, 15) is 19.5 Å². The molecule has 0 aromatic heterocycles. The minimum atomic E-state index is -1.22. The number of nitrogens with zero attached hydrogens (tertiary/aromatic N) is 3. The Morgan fingerprint density at radius 2 is 1.72 bits per heavy atom. The zero-order valence-electron chi connectivity index (χ0n) is 22.3. The Hall–Kier alpha value is -2.19. The molecule has 0 bridgehead atoms. The van der Waals surface area contributed by atoms with Gasteiger partial charge >= 0.3 is 0 Å². The Kier molecular flexibility index (Phi) is 8.25. The number of ether oxygens (including phenoxy) is 1. The lowest BCUT2D eigenvalue weighted by atomic mass is 9.77. The van der Waals surface area contributed by atoms with Crippen LogP contribution in [0.3, 0.4) is 0 Å². The monoisotopic (exact) mass is 501 g/mol. The molecular formula is C28H43N3O5. The summed E-state index contributed by atoms with van der Waals surface area (Å²) in [6.45, 7) is 10.1. The maximum absolute atomic E-state index is 14.3. The normalized spacial score (nSPS) is 33.4. The molecule has 4 aliphatic rings. The van der Waals surface area contributed by atoms with Crippen LogP contribution in [0.4, 0.5) is 0 Å². The van der Waals surface area contributed by atoms with Crippen molar-refractivity contribution in [2.75, 3.05) is 32.8 Å². The molecule has 36 heavy (non-hydrogen) atoms. The van der Waals surface area contributed by atoms with Crippen LogP contribution < -0.4 is 0 Å². The van der Waals surface area contributed by atoms with E-state index in [1.165, 1.54) is 0 Å². The Morgan fingerprint density at radius 3 is 2.39 bits per heavy atom. The highest BCUT2D eigenvalue weighted by atomic mass is 16.5. The van der Waals surface area contributed by atoms with Gasteiger partial charge in [0.2, 0.25) is 17.7 Å². The molecule has 3 amide bonds. The fourth-order valence-electron chi connectivity index (χ4n) is 6.57. The van der Waals surface area contributed by atoms with Crippen molar-refractivity contribution in [1.82, 2.24) is 14.7 Å². The fraction of sp³-hybridized carbons (Fsp3) is 0.750. The molecule has 0 saturated carbocycles. The highest BCUT2D eigenvalue weighted by molar-refractivity contribution is 6.00. The largest absolute Gasteiger partial charge is 0.394 e. The van der Waals surface area contributed by atoms with Crippen molar-refractivity contribution in [2.45, 2.75) is 83.6 Å². The molecule has 1 spiro atoms. The smallest absolute Gasteiger partial charge is 0.249 e. The molecule has 200 valence electrons. The van der Waals surface area contributed by atoms with Crippen LogP contribution in [0.25, 0.3) is 0 Å². The molecule has 0 radical (unpaired) electrons. The SMILES string of the molecule is CCCCCN1CC=C[C@]23O[C@H]4C=CCN(CCC)C(=O)[C@H]4[C@H]2C(=O)N([C@@H](CO)[C@@H](C)CC)C3C1=O. The summed E-state index contributed by atoms with van der Waals surface area (Å²) in [5.41, 5.74) is -1.22. The first-order valence-electron chi connectivity index (χ1n) is 13.9. The second kappa shape index (κ2) is 11.1. The van der Waals surface area contributed by atoms with Gasteiger partial charge in [-0.05, 0) is 18.8 Å². The van der Waals surface area contributed by atoms with E-state index < -0.39 is 35.6 Å². The van der Waals surface area contributed by atoms with Crippen LogP contribution in [0.1, 0.15) is 59.8 Å². The molecule has 2 fully saturated rings. The first-order chi connectivity index (χ1) is 17.4. The molecule has 7 atom stereocenters. The van der Waals surface area contributed by atoms with Gasteiger partial charge in [0.25, 0.3) is 0 Å². The van der Waals surface area contributed by atoms with Crippen LogP contribution in [0.2, 0.25) is 0 Å². The van der Waals surface area contributed by atoms with Gasteiger partial charge in [-0.25, -0.2) is 0 Å². The molecule has 8 nitrogen and oxygen atoms in total. The molecule has 4 aliphatic heterocycles. The van der Waals surface area contributed by atoms with Crippen LogP contribution >= 0.6 is 0 Å². The fourth-order valence-corrected chi connectivity index (χ4v) is 6.57. The summed E-state index contributed by atoms with van der Waals surface area (Å²) in [5.74, 6) is -1.98. The third kappa shape index (κ3) is 4.30. The predicted molar refractivity (Wildman–Crippen MR) is 137 cm³/mol. The van der Waals surface area contributed by atoms with Crippen molar-refractivity contribution in [1.29, 1.82) is 0 Å². The summed E-state index contributed by atoms with van der Waals surface area (Å²) in [5, 5.41) is 10.4. The van der Waals surface area contributed by atoms with Gasteiger partial charge in [-0.15, -0.1) is 0 Å². The predicted octanol–water partition coefficient (Wildman–Crippen LogP) is 2.37. The molecule has 1 unspecified atom stereocenters. The van der Waals surface area contributed by atoms with E-state index in [4.69, 9.17) is 4.74 Å². The highest BCUT2D eigenvalue weighted by Gasteiger charge is 2.72. The van der Waals surface area contributed by atoms with Crippen LogP contribution in [0, 0.1) is 17.8 Å². The van der Waals surface area contributed by atoms with E-state index >= 15 is 0 Å². The van der Waals surface area contributed by atoms with Gasteiger partial charge in [-0.3, -0.25) is 14.4 Å². The number of amides is 3. The highest BCUT2D eigenvalue weighted by Crippen LogP contribution is 2.54. The summed E-state index contributed by atoms with van der Waals surface area (Å²) < 4.78 is 6.68. The van der Waals surface area contributed by atoms with E-state index in [0.717, 1.165) is 32.1 Å². The number of aliphatic hydroxyl groups is 1. The Labute approximate surface area is 215 Å². The molecule has 4 heterocycles. The average molecular weight is 502 g/mol. The van der Waals surface area contributed by atoms with Crippen molar-refractivity contribution < 1.29 is 24.2 Å². The lowest BCUT2D eigenvalue weighted by Gasteiger charge is -2.40. The van der Waals surface area contributed by atoms with Gasteiger partial charge in [0.15, 0.2) is 0 Å². The van der Waals surface area contributed by atoms with Gasteiger partial charge in [0, 0.05) is 26.2 Å². The van der Waals surface area contributed by atoms with E-state index in [1.807, 2.05) is 50.0 Å². The maximum Gasteiger partial charge on any atom is 0.249 e. The van der Waals surface area contributed by atoms with Crippen LogP contribution in [0.15, 0.2) is 24.3 Å². The molecule has 0 aromatic rings. The Balaban J connectivity index is 1.80. The van der Waals surface area contributed by atoms with Crippen molar-refractivity contribution in [3.05, 3.63) is 24.3 Å². The van der Waals surface area contributed by atoms with Crippen LogP contribution in [-0.4, -0.2) is 94.1 Å². The number of rotatable bonds is 10. The summed E-state index contributed by atoms with van der Waals surface area (Å²) in [6, 6.07) is -1.41. The molecule has 0 aliphatic carbocycles. The number of fused-ring (bicyclic) bond motifs is 2. The quantitative estimate of drug-likeness (QED) is 0.367. The third-order valence-electron chi connectivity index (χ3n) is 8.63. The van der Waals surface area contributed by atoms with Crippen LogP contribution in [0.5, 0.6) is 0 Å². The summed E-state index contributed by atoms with van der Waals surface area (Å²) in [7, 11) is 0. The molecule has 4 rings (SSSR count). The minimum Gasteiger partial charge on any atom is -0.394 e. The number of carbonyl (C=O) groups excluding carboxylic acids is 3. The van der Waals surface area contributed by atoms with Crippen molar-refractivity contribution in [3.8, 4) is 0 Å². The topological polar surface area (TPSA) is 90.4 Å². The lowest BCUT2D eigenvalue weighted by molar-refractivity contribution is -0.152. The first kappa shape index (κ1) is 26.9. The van der Waals surface area contributed by atoms with Crippen molar-refractivity contribution in [3.63, 3.8) is 0 Å². The second-order valence-electron chi connectivity index (χ2n) is 10.8. The number of aliphatic hydroxyl groups excluding tert-OH is 1. The molecule has 2 saturated heterocycles. The van der Waals surface area contributed by atoms with Crippen molar-refractivity contribution >= 4 is 17.7 Å². The average Bonchev–Trinajstić information content (AvgIpc) is 3.19. The third-order valence-corrected chi connectivity index (χ3v) is 8.63. The summed E-state index contributed by atoms with van der Waals surface area (Å²) in [4.78, 5) is 47.5. The van der Waals surface area contributed by atoms with Gasteiger partial charge < -0.3 is 24.5 Å². The number of carbonyl (C=O) groups is 3. The number of unbranched alkanes of at least 4 members (excludes halogenated alkanes) is 2. The standard InChI is InChI=1S/C28H43N3O5/c1-5-8-9-15-30-17-11-13-28-23(22-21(36-28)12-10-16-29(14-6-2)25(22)33)26(34)31(24(28)27(30)35)20(18-32)19(4)7-3/h10-13,19-24,32H,5-9,14-18H2,1-4H3/t19-,20-,21-,22+,23-,24?,28-/m0/s1. The van der Waals surface area contributed by atoms with E-state index in [0.29, 0.717) is 26.2 Å². The number of hydrogen-bond acceptors (Lipinski definition) is 5. The van der Waals surface area contributed by atoms with E-state index in [1.54, 1.807) is 9.80 Å². The molecular weight excluding hydrogens is 458 g/mol. The number of likely N-dealkylation sites (tertiary alicyclic amines) is 1.